The van der Waals surface area contributed by atoms with E-state index in [1.165, 1.54) is 4.74 Å². The summed E-state index contributed by atoms with van der Waals surface area (Å²) in [7, 11) is 0. The Hall–Kier alpha value is -1.02. The number of alkyl halides is 14. The molecule has 0 rings (SSSR count). The van der Waals surface area contributed by atoms with Gasteiger partial charge >= 0.3 is 36.4 Å². The highest BCUT2D eigenvalue weighted by molar-refractivity contribution is 4.94. The summed E-state index contributed by atoms with van der Waals surface area (Å²) in [4.78, 5) is 0. The molecule has 0 aliphatic rings. The van der Waals surface area contributed by atoms with Crippen molar-refractivity contribution >= 4 is 0 Å². The molecule has 0 aliphatic heterocycles. The van der Waals surface area contributed by atoms with E-state index in [2.05, 4.69) is 0 Å². The molecule has 0 heterocycles. The van der Waals surface area contributed by atoms with Crippen LogP contribution in [0.5, 0.6) is 0 Å². The highest BCUT2D eigenvalue weighted by atomic mass is 19.4. The van der Waals surface area contributed by atoms with Crippen molar-refractivity contribution in [3.05, 3.63) is 0 Å². The normalized spacial score (nSPS) is 16.3. The van der Waals surface area contributed by atoms with E-state index in [-0.39, 0.29) is 0 Å². The van der Waals surface area contributed by atoms with Gasteiger partial charge in [0.1, 0.15) is 0 Å². The Morgan fingerprint density at radius 2 is 0.476 bits per heavy atom. The summed E-state index contributed by atoms with van der Waals surface area (Å²) in [5, 5.41) is 0. The molecule has 0 N–H and O–H groups in total. The van der Waals surface area contributed by atoms with Gasteiger partial charge < -0.3 is 0 Å². The SMILES string of the molecule is FC(F)(F)C(F)(OC(F)(C(F)(F)F)C(F)(F)F)C(F)(F)F. The lowest BCUT2D eigenvalue weighted by atomic mass is 10.2. The Morgan fingerprint density at radius 3 is 0.571 bits per heavy atom. The van der Waals surface area contributed by atoms with Crippen LogP contribution in [-0.2, 0) is 4.74 Å². The summed E-state index contributed by atoms with van der Waals surface area (Å²) < 4.78 is 168. The van der Waals surface area contributed by atoms with Gasteiger partial charge in [-0.15, -0.1) is 0 Å². The number of halogens is 14. The van der Waals surface area contributed by atoms with Gasteiger partial charge in [0.15, 0.2) is 0 Å². The van der Waals surface area contributed by atoms with Crippen molar-refractivity contribution in [1.29, 1.82) is 0 Å². The first-order chi connectivity index (χ1) is 8.71. The van der Waals surface area contributed by atoms with E-state index in [0.717, 1.165) is 0 Å². The average Bonchev–Trinajstić information content (AvgIpc) is 2.09. The van der Waals surface area contributed by atoms with Crippen molar-refractivity contribution in [1.82, 2.24) is 0 Å². The molecule has 0 fully saturated rings. The predicted molar refractivity (Wildman–Crippen MR) is 33.0 cm³/mol. The summed E-state index contributed by atoms with van der Waals surface area (Å²) in [5.41, 5.74) is 0. The zero-order valence-corrected chi connectivity index (χ0v) is 8.70. The number of hydrogen-bond acceptors (Lipinski definition) is 1. The molecular formula is C6F14O. The number of hydrogen-bond donors (Lipinski definition) is 0. The van der Waals surface area contributed by atoms with E-state index >= 15 is 0 Å². The molecule has 0 amide bonds. The van der Waals surface area contributed by atoms with Gasteiger partial charge in [0, 0.05) is 0 Å². The summed E-state index contributed by atoms with van der Waals surface area (Å²) in [6.45, 7) is 0. The summed E-state index contributed by atoms with van der Waals surface area (Å²) in [6, 6.07) is 0. The first-order valence-electron chi connectivity index (χ1n) is 4.05. The maximum absolute atomic E-state index is 12.6. The van der Waals surface area contributed by atoms with Gasteiger partial charge in [0.2, 0.25) is 0 Å². The average molecular weight is 354 g/mol. The first-order valence-corrected chi connectivity index (χ1v) is 4.05. The van der Waals surface area contributed by atoms with Crippen molar-refractivity contribution in [2.75, 3.05) is 0 Å². The Labute approximate surface area is 104 Å². The molecule has 0 aromatic heterocycles. The fraction of sp³-hybridized carbons (Fsp3) is 1.00. The number of rotatable bonds is 2. The van der Waals surface area contributed by atoms with Crippen molar-refractivity contribution < 1.29 is 66.2 Å². The maximum atomic E-state index is 12.6. The van der Waals surface area contributed by atoms with Crippen LogP contribution in [0, 0.1) is 0 Å². The second-order valence-corrected chi connectivity index (χ2v) is 3.28. The fourth-order valence-electron chi connectivity index (χ4n) is 0.747. The van der Waals surface area contributed by atoms with Crippen molar-refractivity contribution in [2.24, 2.45) is 0 Å². The molecule has 0 aliphatic carbocycles. The van der Waals surface area contributed by atoms with Gasteiger partial charge in [-0.2, -0.15) is 61.5 Å². The van der Waals surface area contributed by atoms with E-state index in [1.807, 2.05) is 0 Å². The fourth-order valence-corrected chi connectivity index (χ4v) is 0.747. The number of ether oxygens (including phenoxy) is 1. The van der Waals surface area contributed by atoms with Gasteiger partial charge in [0.25, 0.3) is 0 Å². The minimum Gasteiger partial charge on any atom is -0.279 e. The van der Waals surface area contributed by atoms with Crippen LogP contribution in [0.15, 0.2) is 0 Å². The molecule has 0 aromatic rings. The van der Waals surface area contributed by atoms with E-state index in [4.69, 9.17) is 0 Å². The first kappa shape index (κ1) is 20.0. The third kappa shape index (κ3) is 3.26. The third-order valence-electron chi connectivity index (χ3n) is 1.74. The van der Waals surface area contributed by atoms with Crippen LogP contribution in [0.4, 0.5) is 61.5 Å². The van der Waals surface area contributed by atoms with Gasteiger partial charge in [-0.25, -0.2) is 0 Å². The minimum absolute atomic E-state index is 1.25. The molecule has 1 nitrogen and oxygen atoms in total. The monoisotopic (exact) mass is 354 g/mol. The molecule has 0 saturated heterocycles. The van der Waals surface area contributed by atoms with Gasteiger partial charge in [0.05, 0.1) is 0 Å². The molecule has 21 heavy (non-hydrogen) atoms. The highest BCUT2D eigenvalue weighted by Crippen LogP contribution is 2.55. The molecular weight excluding hydrogens is 354 g/mol. The quantitative estimate of drug-likeness (QED) is 0.660. The van der Waals surface area contributed by atoms with Crippen molar-refractivity contribution in [3.63, 3.8) is 0 Å². The molecule has 0 bridgehead atoms. The third-order valence-corrected chi connectivity index (χ3v) is 1.74. The summed E-state index contributed by atoms with van der Waals surface area (Å²) in [5.74, 6) is -15.1. The molecule has 15 heteroatoms. The minimum atomic E-state index is -7.54. The maximum Gasteiger partial charge on any atom is 0.458 e. The zero-order valence-electron chi connectivity index (χ0n) is 8.70. The molecule has 0 unspecified atom stereocenters. The van der Waals surface area contributed by atoms with Crippen LogP contribution < -0.4 is 0 Å². The Kier molecular flexibility index (Phi) is 4.51. The molecule has 0 radical (unpaired) electrons. The molecule has 0 aromatic carbocycles. The standard InChI is InChI=1S/C6F14O/c7-1(3(9,10)11,4(12,13)14)21-2(8,5(15,16)17)6(18,19)20. The lowest BCUT2D eigenvalue weighted by Crippen LogP contribution is -2.66. The van der Waals surface area contributed by atoms with E-state index in [1.54, 1.807) is 0 Å². The Balaban J connectivity index is 6.15. The molecule has 0 atom stereocenters. The van der Waals surface area contributed by atoms with E-state index < -0.39 is 36.4 Å². The van der Waals surface area contributed by atoms with Crippen molar-refractivity contribution in [3.8, 4) is 0 Å². The highest BCUT2D eigenvalue weighted by Gasteiger charge is 2.84. The van der Waals surface area contributed by atoms with Crippen LogP contribution in [0.3, 0.4) is 0 Å². The van der Waals surface area contributed by atoms with Gasteiger partial charge in [-0.05, 0) is 0 Å². The predicted octanol–water partition coefficient (Wildman–Crippen LogP) is 4.58. The van der Waals surface area contributed by atoms with Gasteiger partial charge in [-0.3, -0.25) is 4.74 Å². The van der Waals surface area contributed by atoms with Crippen LogP contribution in [0.25, 0.3) is 0 Å². The van der Waals surface area contributed by atoms with E-state index in [9.17, 15) is 61.5 Å². The Morgan fingerprint density at radius 1 is 0.333 bits per heavy atom. The van der Waals surface area contributed by atoms with Crippen LogP contribution >= 0.6 is 0 Å². The van der Waals surface area contributed by atoms with Crippen molar-refractivity contribution in [2.45, 2.75) is 36.4 Å². The molecule has 0 saturated carbocycles. The molecule has 0 spiro atoms. The summed E-state index contributed by atoms with van der Waals surface area (Å²) in [6.07, 6.45) is -29.9. The van der Waals surface area contributed by atoms with E-state index in [0.29, 0.717) is 0 Å². The second kappa shape index (κ2) is 4.74. The Bertz CT molecular complexity index is 303. The largest absolute Gasteiger partial charge is 0.458 e. The van der Waals surface area contributed by atoms with Gasteiger partial charge in [-0.1, -0.05) is 0 Å². The van der Waals surface area contributed by atoms with Crippen LogP contribution in [0.1, 0.15) is 0 Å². The second-order valence-electron chi connectivity index (χ2n) is 3.28. The lowest BCUT2D eigenvalue weighted by Gasteiger charge is -2.37. The topological polar surface area (TPSA) is 9.23 Å². The molecule has 128 valence electrons. The smallest absolute Gasteiger partial charge is 0.279 e. The summed E-state index contributed by atoms with van der Waals surface area (Å²) >= 11 is 0. The van der Waals surface area contributed by atoms with Crippen LogP contribution in [0.2, 0.25) is 0 Å². The lowest BCUT2D eigenvalue weighted by molar-refractivity contribution is -0.525. The zero-order chi connectivity index (χ0) is 17.7. The van der Waals surface area contributed by atoms with Crippen LogP contribution in [-0.4, -0.2) is 36.4 Å².